The van der Waals surface area contributed by atoms with Gasteiger partial charge in [-0.3, -0.25) is 19.9 Å². The van der Waals surface area contributed by atoms with Gasteiger partial charge in [-0.15, -0.1) is 0 Å². The summed E-state index contributed by atoms with van der Waals surface area (Å²) in [5, 5.41) is 13.4. The summed E-state index contributed by atoms with van der Waals surface area (Å²) in [4.78, 5) is 44.0. The van der Waals surface area contributed by atoms with Crippen molar-refractivity contribution in [2.45, 2.75) is 0 Å². The first kappa shape index (κ1) is 52.5. The Bertz CT molecular complexity index is 6190. The zero-order valence-corrected chi connectivity index (χ0v) is 49.3. The van der Waals surface area contributed by atoms with Crippen molar-refractivity contribution in [2.24, 2.45) is 0 Å². The summed E-state index contributed by atoms with van der Waals surface area (Å²) in [6.07, 6.45) is 9.20. The third-order valence-corrected chi connectivity index (χ3v) is 17.9. The Kier molecular flexibility index (Phi) is 12.3. The summed E-state index contributed by atoms with van der Waals surface area (Å²) in [5.74, 6) is 0. The van der Waals surface area contributed by atoms with E-state index in [9.17, 15) is 0 Å². The fourth-order valence-electron chi connectivity index (χ4n) is 13.4. The molecule has 0 N–H and O–H groups in total. The molecule has 19 rings (SSSR count). The topological polar surface area (TPSA) is 116 Å². The third kappa shape index (κ3) is 8.97. The van der Waals surface area contributed by atoms with Gasteiger partial charge in [0.2, 0.25) is 0 Å². The molecule has 0 radical (unpaired) electrons. The number of aromatic nitrogens is 9. The first-order valence-corrected chi connectivity index (χ1v) is 30.7. The molecule has 9 nitrogen and oxygen atoms in total. The van der Waals surface area contributed by atoms with E-state index in [-0.39, 0.29) is 0 Å². The first-order valence-electron chi connectivity index (χ1n) is 30.7. The molecular formula is C83H49N9. The van der Waals surface area contributed by atoms with Gasteiger partial charge >= 0.3 is 0 Å². The molecule has 0 aliphatic heterocycles. The smallest absolute Gasteiger partial charge is 0.0978 e. The Morgan fingerprint density at radius 3 is 1.16 bits per heavy atom. The molecule has 0 aliphatic carbocycles. The molecule has 0 bridgehead atoms. The summed E-state index contributed by atoms with van der Waals surface area (Å²) < 4.78 is 0. The van der Waals surface area contributed by atoms with Crippen LogP contribution in [0.25, 0.3) is 187 Å². The molecule has 0 unspecified atom stereocenters. The maximum Gasteiger partial charge on any atom is 0.0978 e. The number of rotatable bonds is 6. The third-order valence-electron chi connectivity index (χ3n) is 17.9. The molecule has 0 saturated carbocycles. The van der Waals surface area contributed by atoms with Gasteiger partial charge in [0.15, 0.2) is 0 Å². The minimum absolute atomic E-state index is 0.890. The number of pyridine rings is 9. The number of nitrogens with zero attached hydrogens (tertiary/aromatic N) is 9. The molecule has 0 aliphatic rings. The number of fused-ring (bicyclic) bond motifs is 15. The summed E-state index contributed by atoms with van der Waals surface area (Å²) in [6, 6.07) is 93.2. The van der Waals surface area contributed by atoms with Crippen LogP contribution in [0.2, 0.25) is 0 Å². The average Bonchev–Trinajstić information content (AvgIpc) is 0.785. The highest BCUT2D eigenvalue weighted by molar-refractivity contribution is 6.18. The Morgan fingerprint density at radius 2 is 0.598 bits per heavy atom. The lowest BCUT2D eigenvalue weighted by atomic mass is 9.93. The second-order valence-electron chi connectivity index (χ2n) is 23.2. The van der Waals surface area contributed by atoms with E-state index in [4.69, 9.17) is 29.9 Å². The van der Waals surface area contributed by atoms with Crippen LogP contribution in [0.15, 0.2) is 298 Å². The standard InChI is InChI=1S/C44H26N4.C39H23N5/c1-2-7-32-26-33(16-11-27(32)6-1)40-36-9-3-4-10-39(36)48-44-37(40)21-18-31-19-22-38(47-42(31)44)29-14-12-28(13-15-29)34-23-25-46-43-35(34)20-17-30-8-5-24-45-41(30)43;1-2-6-34-30(5-1)35(26-19-22-40-23-20-26)31-16-13-29-15-18-33(43-38(29)39(31)44-34)25-9-7-24(8-10-25)32-17-14-28-12-11-27-4-3-21-41-36(27)37(28)42-32/h1-26H;1-23H. The van der Waals surface area contributed by atoms with E-state index in [1.807, 2.05) is 49.2 Å². The number of hydrogen-bond acceptors (Lipinski definition) is 9. The van der Waals surface area contributed by atoms with E-state index in [0.29, 0.717) is 0 Å². The maximum absolute atomic E-state index is 5.27. The van der Waals surface area contributed by atoms with Crippen molar-refractivity contribution < 1.29 is 0 Å². The van der Waals surface area contributed by atoms with Gasteiger partial charge in [-0.25, -0.2) is 24.9 Å². The molecule has 426 valence electrons. The van der Waals surface area contributed by atoms with Crippen molar-refractivity contribution in [2.75, 3.05) is 0 Å². The second-order valence-corrected chi connectivity index (χ2v) is 23.2. The fourth-order valence-corrected chi connectivity index (χ4v) is 13.4. The fraction of sp³-hybridized carbons (Fsp3) is 0. The highest BCUT2D eigenvalue weighted by Crippen LogP contribution is 2.41. The van der Waals surface area contributed by atoms with E-state index in [1.54, 1.807) is 0 Å². The lowest BCUT2D eigenvalue weighted by Crippen LogP contribution is -1.93. The molecular weight excluding hydrogens is 1120 g/mol. The Labute approximate surface area is 526 Å². The van der Waals surface area contributed by atoms with Crippen molar-refractivity contribution in [3.63, 3.8) is 0 Å². The molecule has 10 aromatic carbocycles. The van der Waals surface area contributed by atoms with E-state index >= 15 is 0 Å². The van der Waals surface area contributed by atoms with Crippen LogP contribution in [-0.4, -0.2) is 44.9 Å². The first-order chi connectivity index (χ1) is 45.6. The largest absolute Gasteiger partial charge is 0.265 e. The molecule has 9 heterocycles. The van der Waals surface area contributed by atoms with Crippen molar-refractivity contribution in [1.82, 2.24) is 44.9 Å². The highest BCUT2D eigenvalue weighted by Gasteiger charge is 2.19. The predicted molar refractivity (Wildman–Crippen MR) is 378 cm³/mol. The molecule has 0 spiro atoms. The van der Waals surface area contributed by atoms with Crippen LogP contribution in [0.4, 0.5) is 0 Å². The highest BCUT2D eigenvalue weighted by atomic mass is 14.8. The van der Waals surface area contributed by atoms with Crippen molar-refractivity contribution >= 4 is 120 Å². The molecule has 9 heteroatoms. The van der Waals surface area contributed by atoms with Crippen molar-refractivity contribution in [1.29, 1.82) is 0 Å². The quantitative estimate of drug-likeness (QED) is 0.119. The van der Waals surface area contributed by atoms with Gasteiger partial charge in [-0.2, -0.15) is 0 Å². The minimum atomic E-state index is 0.890. The normalized spacial score (nSPS) is 11.7. The number of hydrogen-bond donors (Lipinski definition) is 0. The van der Waals surface area contributed by atoms with Gasteiger partial charge in [0.25, 0.3) is 0 Å². The molecule has 0 atom stereocenters. The monoisotopic (exact) mass is 1170 g/mol. The van der Waals surface area contributed by atoms with Crippen molar-refractivity contribution in [3.05, 3.63) is 298 Å². The van der Waals surface area contributed by atoms with E-state index < -0.39 is 0 Å². The van der Waals surface area contributed by atoms with Crippen LogP contribution in [-0.2, 0) is 0 Å². The van der Waals surface area contributed by atoms with Crippen LogP contribution in [0.3, 0.4) is 0 Å². The van der Waals surface area contributed by atoms with E-state index in [0.717, 1.165) is 165 Å². The lowest BCUT2D eigenvalue weighted by Gasteiger charge is -2.14. The summed E-state index contributed by atoms with van der Waals surface area (Å²) in [5.41, 5.74) is 21.9. The Morgan fingerprint density at radius 1 is 0.196 bits per heavy atom. The van der Waals surface area contributed by atoms with E-state index in [2.05, 4.69) is 264 Å². The second kappa shape index (κ2) is 21.6. The SMILES string of the molecule is c1ccc2cc(-c3c4ccccc4nc4c3ccc3ccc(-c5ccc(-c6ccnc7c6ccc6cccnc67)cc5)nc34)ccc2c1.c1cnc2c(c1)ccc1ccc(-c3ccc(-c4ccc5ccc6c(-c7ccncc7)c7ccccc7nc6c5n4)cc3)nc12. The van der Waals surface area contributed by atoms with Gasteiger partial charge < -0.3 is 0 Å². The van der Waals surface area contributed by atoms with Crippen molar-refractivity contribution in [3.8, 4) is 67.2 Å². The van der Waals surface area contributed by atoms with Crippen LogP contribution in [0, 0.1) is 0 Å². The molecule has 0 saturated heterocycles. The minimum Gasteiger partial charge on any atom is -0.265 e. The number of para-hydroxylation sites is 2. The van der Waals surface area contributed by atoms with Crippen LogP contribution in [0.5, 0.6) is 0 Å². The lowest BCUT2D eigenvalue weighted by molar-refractivity contribution is 1.33. The number of benzene rings is 10. The van der Waals surface area contributed by atoms with Gasteiger partial charge in [-0.05, 0) is 99.8 Å². The zero-order chi connectivity index (χ0) is 60.6. The van der Waals surface area contributed by atoms with Crippen LogP contribution in [0.1, 0.15) is 0 Å². The van der Waals surface area contributed by atoms with Crippen LogP contribution >= 0.6 is 0 Å². The maximum atomic E-state index is 5.27. The van der Waals surface area contributed by atoms with Gasteiger partial charge in [-0.1, -0.05) is 200 Å². The summed E-state index contributed by atoms with van der Waals surface area (Å²) in [6.45, 7) is 0. The molecule has 92 heavy (non-hydrogen) atoms. The zero-order valence-electron chi connectivity index (χ0n) is 49.3. The van der Waals surface area contributed by atoms with Crippen LogP contribution < -0.4 is 0 Å². The summed E-state index contributed by atoms with van der Waals surface area (Å²) in [7, 11) is 0. The van der Waals surface area contributed by atoms with Gasteiger partial charge in [0.05, 0.1) is 72.2 Å². The molecule has 19 aromatic rings. The van der Waals surface area contributed by atoms with Gasteiger partial charge in [0, 0.05) is 113 Å². The average molecular weight is 1170 g/mol. The van der Waals surface area contributed by atoms with Gasteiger partial charge in [0.1, 0.15) is 0 Å². The van der Waals surface area contributed by atoms with E-state index in [1.165, 1.54) is 21.9 Å². The molecule has 0 amide bonds. The predicted octanol–water partition coefficient (Wildman–Crippen LogP) is 20.6. The Balaban J connectivity index is 0.000000136. The molecule has 9 aromatic heterocycles. The molecule has 0 fully saturated rings. The Hall–Kier alpha value is -12.6. The summed E-state index contributed by atoms with van der Waals surface area (Å²) >= 11 is 0.